The molecule has 0 aliphatic heterocycles. The number of carbonyl (C=O) groups excluding carboxylic acids is 1. The van der Waals surface area contributed by atoms with Gasteiger partial charge in [0.2, 0.25) is 5.91 Å². The predicted octanol–water partition coefficient (Wildman–Crippen LogP) is 2.92. The Hall–Kier alpha value is -1.35. The average Bonchev–Trinajstić information content (AvgIpc) is 2.45. The molecule has 0 heterocycles. The SMILES string of the molecule is O=C(C[C@@H]1CCCc2ccccc21)NC1(CCO)CCC1. The molecule has 1 atom stereocenters. The number of nitrogens with one attached hydrogen (secondary N) is 1. The van der Waals surface area contributed by atoms with Crippen LogP contribution >= 0.6 is 0 Å². The van der Waals surface area contributed by atoms with E-state index in [1.54, 1.807) is 0 Å². The molecule has 0 spiro atoms. The molecular formula is C18H25NO2. The van der Waals surface area contributed by atoms with E-state index in [1.165, 1.54) is 17.5 Å². The van der Waals surface area contributed by atoms with Crippen molar-refractivity contribution in [2.45, 2.75) is 62.8 Å². The number of fused-ring (bicyclic) bond motifs is 1. The van der Waals surface area contributed by atoms with E-state index in [0.29, 0.717) is 18.8 Å². The van der Waals surface area contributed by atoms with Crippen molar-refractivity contribution in [3.8, 4) is 0 Å². The number of hydrogen-bond donors (Lipinski definition) is 2. The van der Waals surface area contributed by atoms with Crippen LogP contribution in [-0.2, 0) is 11.2 Å². The summed E-state index contributed by atoms with van der Waals surface area (Å²) in [5.41, 5.74) is 2.67. The summed E-state index contributed by atoms with van der Waals surface area (Å²) < 4.78 is 0. The fraction of sp³-hybridized carbons (Fsp3) is 0.611. The second-order valence-electron chi connectivity index (χ2n) is 6.65. The van der Waals surface area contributed by atoms with E-state index >= 15 is 0 Å². The van der Waals surface area contributed by atoms with Crippen LogP contribution in [0.25, 0.3) is 0 Å². The molecule has 1 aromatic rings. The van der Waals surface area contributed by atoms with E-state index in [-0.39, 0.29) is 18.1 Å². The minimum absolute atomic E-state index is 0.111. The van der Waals surface area contributed by atoms with Gasteiger partial charge >= 0.3 is 0 Å². The summed E-state index contributed by atoms with van der Waals surface area (Å²) in [6, 6.07) is 8.54. The molecule has 0 bridgehead atoms. The zero-order valence-electron chi connectivity index (χ0n) is 12.6. The number of benzene rings is 1. The first kappa shape index (κ1) is 14.6. The summed E-state index contributed by atoms with van der Waals surface area (Å²) in [6.07, 6.45) is 7.90. The van der Waals surface area contributed by atoms with Crippen molar-refractivity contribution in [3.63, 3.8) is 0 Å². The van der Waals surface area contributed by atoms with Crippen molar-refractivity contribution in [1.29, 1.82) is 0 Å². The maximum absolute atomic E-state index is 12.4. The highest BCUT2D eigenvalue weighted by Crippen LogP contribution is 2.37. The molecule has 0 aromatic heterocycles. The molecule has 1 saturated carbocycles. The molecular weight excluding hydrogens is 262 g/mol. The van der Waals surface area contributed by atoms with Gasteiger partial charge in [0.05, 0.1) is 0 Å². The largest absolute Gasteiger partial charge is 0.396 e. The van der Waals surface area contributed by atoms with E-state index < -0.39 is 0 Å². The molecule has 0 radical (unpaired) electrons. The number of rotatable bonds is 5. The maximum atomic E-state index is 12.4. The van der Waals surface area contributed by atoms with E-state index in [4.69, 9.17) is 0 Å². The minimum atomic E-state index is -0.111. The van der Waals surface area contributed by atoms with E-state index in [1.807, 2.05) is 0 Å². The molecule has 0 saturated heterocycles. The summed E-state index contributed by atoms with van der Waals surface area (Å²) >= 11 is 0. The highest BCUT2D eigenvalue weighted by molar-refractivity contribution is 5.78. The summed E-state index contributed by atoms with van der Waals surface area (Å²) in [5.74, 6) is 0.519. The van der Waals surface area contributed by atoms with E-state index in [0.717, 1.165) is 32.1 Å². The van der Waals surface area contributed by atoms with Gasteiger partial charge in [-0.1, -0.05) is 24.3 Å². The summed E-state index contributed by atoms with van der Waals surface area (Å²) in [5, 5.41) is 12.4. The molecule has 2 N–H and O–H groups in total. The van der Waals surface area contributed by atoms with Crippen molar-refractivity contribution in [2.75, 3.05) is 6.61 Å². The third-order valence-electron chi connectivity index (χ3n) is 5.23. The van der Waals surface area contributed by atoms with Crippen LogP contribution in [0.5, 0.6) is 0 Å². The molecule has 0 unspecified atom stereocenters. The number of aliphatic hydroxyl groups is 1. The summed E-state index contributed by atoms with van der Waals surface area (Å²) in [7, 11) is 0. The first-order chi connectivity index (χ1) is 10.2. The zero-order chi connectivity index (χ0) is 14.7. The zero-order valence-corrected chi connectivity index (χ0v) is 12.6. The lowest BCUT2D eigenvalue weighted by molar-refractivity contribution is -0.124. The van der Waals surface area contributed by atoms with Crippen molar-refractivity contribution in [1.82, 2.24) is 5.32 Å². The van der Waals surface area contributed by atoms with Gasteiger partial charge < -0.3 is 10.4 Å². The van der Waals surface area contributed by atoms with Crippen molar-refractivity contribution < 1.29 is 9.90 Å². The number of carbonyl (C=O) groups is 1. The van der Waals surface area contributed by atoms with Gasteiger partial charge in [-0.2, -0.15) is 0 Å². The van der Waals surface area contributed by atoms with Crippen molar-refractivity contribution in [3.05, 3.63) is 35.4 Å². The Bertz CT molecular complexity index is 508. The Morgan fingerprint density at radius 1 is 1.29 bits per heavy atom. The van der Waals surface area contributed by atoms with Crippen molar-refractivity contribution in [2.24, 2.45) is 0 Å². The first-order valence-corrected chi connectivity index (χ1v) is 8.22. The fourth-order valence-electron chi connectivity index (χ4n) is 3.89. The van der Waals surface area contributed by atoms with Gasteiger partial charge in [-0.05, 0) is 62.0 Å². The van der Waals surface area contributed by atoms with Gasteiger partial charge in [0.15, 0.2) is 0 Å². The Balaban J connectivity index is 1.63. The first-order valence-electron chi connectivity index (χ1n) is 8.22. The lowest BCUT2D eigenvalue weighted by Crippen LogP contribution is -2.54. The Labute approximate surface area is 126 Å². The summed E-state index contributed by atoms with van der Waals surface area (Å²) in [4.78, 5) is 12.4. The number of aryl methyl sites for hydroxylation is 1. The Kier molecular flexibility index (Phi) is 4.29. The topological polar surface area (TPSA) is 49.3 Å². The van der Waals surface area contributed by atoms with Crippen LogP contribution in [-0.4, -0.2) is 23.2 Å². The highest BCUT2D eigenvalue weighted by atomic mass is 16.3. The molecule has 3 nitrogen and oxygen atoms in total. The van der Waals surface area contributed by atoms with Crippen LogP contribution in [0.3, 0.4) is 0 Å². The fourth-order valence-corrected chi connectivity index (χ4v) is 3.89. The molecule has 1 fully saturated rings. The smallest absolute Gasteiger partial charge is 0.221 e. The molecule has 2 aliphatic carbocycles. The number of amides is 1. The highest BCUT2D eigenvalue weighted by Gasteiger charge is 2.38. The van der Waals surface area contributed by atoms with E-state index in [2.05, 4.69) is 29.6 Å². The predicted molar refractivity (Wildman–Crippen MR) is 83.2 cm³/mol. The van der Waals surface area contributed by atoms with Gasteiger partial charge in [0.25, 0.3) is 0 Å². The molecule has 1 amide bonds. The van der Waals surface area contributed by atoms with Crippen LogP contribution < -0.4 is 5.32 Å². The standard InChI is InChI=1S/C18H25NO2/c20-12-11-18(9-4-10-18)19-17(21)13-15-7-3-6-14-5-1-2-8-16(14)15/h1-2,5,8,15,20H,3-4,6-7,9-13H2,(H,19,21)/t15-/m0/s1. The second-order valence-corrected chi connectivity index (χ2v) is 6.65. The quantitative estimate of drug-likeness (QED) is 0.875. The van der Waals surface area contributed by atoms with Crippen LogP contribution in [0.2, 0.25) is 0 Å². The molecule has 3 heteroatoms. The molecule has 1 aromatic carbocycles. The number of hydrogen-bond acceptors (Lipinski definition) is 2. The maximum Gasteiger partial charge on any atom is 0.221 e. The third-order valence-corrected chi connectivity index (χ3v) is 5.23. The lowest BCUT2D eigenvalue weighted by atomic mass is 9.74. The lowest BCUT2D eigenvalue weighted by Gasteiger charge is -2.42. The number of aliphatic hydroxyl groups excluding tert-OH is 1. The van der Waals surface area contributed by atoms with Crippen LogP contribution in [0.4, 0.5) is 0 Å². The normalized spacial score (nSPS) is 23.0. The Morgan fingerprint density at radius 2 is 2.10 bits per heavy atom. The van der Waals surface area contributed by atoms with Crippen LogP contribution in [0.1, 0.15) is 62.0 Å². The van der Waals surface area contributed by atoms with Crippen LogP contribution in [0, 0.1) is 0 Å². The third kappa shape index (κ3) is 3.13. The molecule has 3 rings (SSSR count). The monoisotopic (exact) mass is 287 g/mol. The van der Waals surface area contributed by atoms with Gasteiger partial charge in [0.1, 0.15) is 0 Å². The van der Waals surface area contributed by atoms with Gasteiger partial charge in [0, 0.05) is 18.6 Å². The van der Waals surface area contributed by atoms with E-state index in [9.17, 15) is 9.90 Å². The molecule has 114 valence electrons. The Morgan fingerprint density at radius 3 is 2.81 bits per heavy atom. The average molecular weight is 287 g/mol. The van der Waals surface area contributed by atoms with Gasteiger partial charge in [-0.25, -0.2) is 0 Å². The van der Waals surface area contributed by atoms with Gasteiger partial charge in [-0.3, -0.25) is 4.79 Å². The van der Waals surface area contributed by atoms with Crippen molar-refractivity contribution >= 4 is 5.91 Å². The van der Waals surface area contributed by atoms with Crippen LogP contribution in [0.15, 0.2) is 24.3 Å². The summed E-state index contributed by atoms with van der Waals surface area (Å²) in [6.45, 7) is 0.159. The molecule has 21 heavy (non-hydrogen) atoms. The second kappa shape index (κ2) is 6.18. The minimum Gasteiger partial charge on any atom is -0.396 e. The molecule has 2 aliphatic rings. The van der Waals surface area contributed by atoms with Gasteiger partial charge in [-0.15, -0.1) is 0 Å².